The standard InChI is InChI=1S/C16H19NO3/c1-13(20-16(18)15-9-6-10-19-15)11-17(2)12-14-7-4-3-5-8-14/h3-10,13H,11-12H2,1-2H3. The van der Waals surface area contributed by atoms with Crippen molar-refractivity contribution in [2.24, 2.45) is 0 Å². The predicted octanol–water partition coefficient (Wildman–Crippen LogP) is 2.96. The summed E-state index contributed by atoms with van der Waals surface area (Å²) < 4.78 is 10.3. The third-order valence-corrected chi connectivity index (χ3v) is 2.89. The lowest BCUT2D eigenvalue weighted by Crippen LogP contribution is -2.30. The van der Waals surface area contributed by atoms with Crippen molar-refractivity contribution in [2.45, 2.75) is 19.6 Å². The normalized spacial score (nSPS) is 12.3. The van der Waals surface area contributed by atoms with E-state index in [1.54, 1.807) is 12.1 Å². The fourth-order valence-corrected chi connectivity index (χ4v) is 2.07. The number of hydrogen-bond donors (Lipinski definition) is 0. The minimum absolute atomic E-state index is 0.193. The van der Waals surface area contributed by atoms with E-state index in [1.807, 2.05) is 32.2 Å². The number of furan rings is 1. The van der Waals surface area contributed by atoms with Crippen LogP contribution in [0.5, 0.6) is 0 Å². The highest BCUT2D eigenvalue weighted by molar-refractivity contribution is 5.86. The molecular formula is C16H19NO3. The number of rotatable bonds is 6. The summed E-state index contributed by atoms with van der Waals surface area (Å²) in [6.07, 6.45) is 1.27. The Bertz CT molecular complexity index is 522. The van der Waals surface area contributed by atoms with Gasteiger partial charge < -0.3 is 9.15 Å². The zero-order valence-corrected chi connectivity index (χ0v) is 11.8. The summed E-state index contributed by atoms with van der Waals surface area (Å²) in [5.41, 5.74) is 1.24. The molecule has 0 aliphatic carbocycles. The fraction of sp³-hybridized carbons (Fsp3) is 0.312. The first-order valence-electron chi connectivity index (χ1n) is 6.62. The number of carbonyl (C=O) groups is 1. The molecule has 0 bridgehead atoms. The summed E-state index contributed by atoms with van der Waals surface area (Å²) in [7, 11) is 2.00. The molecule has 1 aromatic carbocycles. The van der Waals surface area contributed by atoms with Crippen molar-refractivity contribution in [3.63, 3.8) is 0 Å². The first-order chi connectivity index (χ1) is 9.65. The second-order valence-electron chi connectivity index (χ2n) is 4.88. The largest absolute Gasteiger partial charge is 0.457 e. The molecule has 4 heteroatoms. The summed E-state index contributed by atoms with van der Waals surface area (Å²) in [5.74, 6) is -0.182. The molecule has 0 N–H and O–H groups in total. The van der Waals surface area contributed by atoms with Gasteiger partial charge in [-0.05, 0) is 31.7 Å². The Morgan fingerprint density at radius 1 is 1.25 bits per heavy atom. The van der Waals surface area contributed by atoms with Crippen LogP contribution in [0.1, 0.15) is 23.0 Å². The van der Waals surface area contributed by atoms with Crippen molar-refractivity contribution in [1.29, 1.82) is 0 Å². The van der Waals surface area contributed by atoms with Gasteiger partial charge in [-0.25, -0.2) is 4.79 Å². The van der Waals surface area contributed by atoms with Crippen LogP contribution in [-0.2, 0) is 11.3 Å². The number of esters is 1. The Hall–Kier alpha value is -2.07. The minimum atomic E-state index is -0.421. The summed E-state index contributed by atoms with van der Waals surface area (Å²) in [5, 5.41) is 0. The Kier molecular flexibility index (Phi) is 4.96. The summed E-state index contributed by atoms with van der Waals surface area (Å²) in [6.45, 7) is 3.37. The predicted molar refractivity (Wildman–Crippen MR) is 76.4 cm³/mol. The van der Waals surface area contributed by atoms with Gasteiger partial charge in [0.15, 0.2) is 0 Å². The molecule has 1 aromatic heterocycles. The molecule has 0 fully saturated rings. The molecular weight excluding hydrogens is 254 g/mol. The smallest absolute Gasteiger partial charge is 0.374 e. The van der Waals surface area contributed by atoms with E-state index in [4.69, 9.17) is 9.15 Å². The van der Waals surface area contributed by atoms with Crippen LogP contribution in [0, 0.1) is 0 Å². The Morgan fingerprint density at radius 3 is 2.65 bits per heavy atom. The molecule has 20 heavy (non-hydrogen) atoms. The number of benzene rings is 1. The van der Waals surface area contributed by atoms with Crippen LogP contribution in [0.15, 0.2) is 53.1 Å². The van der Waals surface area contributed by atoms with E-state index in [0.717, 1.165) is 6.54 Å². The number of hydrogen-bond acceptors (Lipinski definition) is 4. The summed E-state index contributed by atoms with van der Waals surface area (Å²) >= 11 is 0. The van der Waals surface area contributed by atoms with Gasteiger partial charge in [-0.3, -0.25) is 4.90 Å². The van der Waals surface area contributed by atoms with E-state index in [9.17, 15) is 4.79 Å². The third kappa shape index (κ3) is 4.24. The van der Waals surface area contributed by atoms with Crippen LogP contribution >= 0.6 is 0 Å². The van der Waals surface area contributed by atoms with E-state index in [1.165, 1.54) is 11.8 Å². The van der Waals surface area contributed by atoms with Crippen LogP contribution < -0.4 is 0 Å². The summed E-state index contributed by atoms with van der Waals surface area (Å²) in [4.78, 5) is 13.8. The first-order valence-corrected chi connectivity index (χ1v) is 6.62. The molecule has 0 radical (unpaired) electrons. The van der Waals surface area contributed by atoms with Gasteiger partial charge in [-0.2, -0.15) is 0 Å². The molecule has 0 saturated carbocycles. The molecule has 106 valence electrons. The molecule has 0 aliphatic heterocycles. The maximum atomic E-state index is 11.7. The zero-order chi connectivity index (χ0) is 14.4. The number of nitrogens with zero attached hydrogens (tertiary/aromatic N) is 1. The molecule has 0 aliphatic rings. The molecule has 0 saturated heterocycles. The van der Waals surface area contributed by atoms with Crippen LogP contribution in [0.4, 0.5) is 0 Å². The average molecular weight is 273 g/mol. The van der Waals surface area contributed by atoms with E-state index >= 15 is 0 Å². The zero-order valence-electron chi connectivity index (χ0n) is 11.8. The second-order valence-corrected chi connectivity index (χ2v) is 4.88. The SMILES string of the molecule is CC(CN(C)Cc1ccccc1)OC(=O)c1ccco1. The third-order valence-electron chi connectivity index (χ3n) is 2.89. The van der Waals surface area contributed by atoms with Crippen LogP contribution in [0.3, 0.4) is 0 Å². The van der Waals surface area contributed by atoms with Crippen molar-refractivity contribution in [3.05, 3.63) is 60.1 Å². The second kappa shape index (κ2) is 6.91. The van der Waals surface area contributed by atoms with Gasteiger partial charge in [0.25, 0.3) is 0 Å². The Morgan fingerprint density at radius 2 is 2.00 bits per heavy atom. The van der Waals surface area contributed by atoms with Crippen molar-refractivity contribution in [1.82, 2.24) is 4.90 Å². The van der Waals surface area contributed by atoms with Gasteiger partial charge in [0.05, 0.1) is 6.26 Å². The quantitative estimate of drug-likeness (QED) is 0.759. The molecule has 2 aromatic rings. The van der Waals surface area contributed by atoms with Crippen molar-refractivity contribution in [2.75, 3.05) is 13.6 Å². The van der Waals surface area contributed by atoms with Gasteiger partial charge in [-0.15, -0.1) is 0 Å². The number of ether oxygens (including phenoxy) is 1. The maximum absolute atomic E-state index is 11.7. The van der Waals surface area contributed by atoms with E-state index < -0.39 is 5.97 Å². The Balaban J connectivity index is 1.79. The van der Waals surface area contributed by atoms with Crippen LogP contribution in [0.2, 0.25) is 0 Å². The highest BCUT2D eigenvalue weighted by Crippen LogP contribution is 2.07. The maximum Gasteiger partial charge on any atom is 0.374 e. The molecule has 1 atom stereocenters. The fourth-order valence-electron chi connectivity index (χ4n) is 2.07. The molecule has 0 spiro atoms. The van der Waals surface area contributed by atoms with E-state index in [0.29, 0.717) is 6.54 Å². The molecule has 1 heterocycles. The molecule has 0 amide bonds. The van der Waals surface area contributed by atoms with E-state index in [2.05, 4.69) is 17.0 Å². The first kappa shape index (κ1) is 14.3. The van der Waals surface area contributed by atoms with Crippen LogP contribution in [0.25, 0.3) is 0 Å². The lowest BCUT2D eigenvalue weighted by Gasteiger charge is -2.21. The monoisotopic (exact) mass is 273 g/mol. The van der Waals surface area contributed by atoms with Gasteiger partial charge >= 0.3 is 5.97 Å². The molecule has 4 nitrogen and oxygen atoms in total. The Labute approximate surface area is 119 Å². The highest BCUT2D eigenvalue weighted by atomic mass is 16.6. The molecule has 1 unspecified atom stereocenters. The van der Waals surface area contributed by atoms with Crippen molar-refractivity contribution < 1.29 is 13.9 Å². The summed E-state index contributed by atoms with van der Waals surface area (Å²) in [6, 6.07) is 13.5. The van der Waals surface area contributed by atoms with Gasteiger partial charge in [0.1, 0.15) is 6.10 Å². The van der Waals surface area contributed by atoms with Crippen molar-refractivity contribution >= 4 is 5.97 Å². The average Bonchev–Trinajstić information content (AvgIpc) is 2.93. The topological polar surface area (TPSA) is 42.7 Å². The molecule has 2 rings (SSSR count). The lowest BCUT2D eigenvalue weighted by atomic mass is 10.2. The van der Waals surface area contributed by atoms with Gasteiger partial charge in [0.2, 0.25) is 5.76 Å². The van der Waals surface area contributed by atoms with Crippen molar-refractivity contribution in [3.8, 4) is 0 Å². The lowest BCUT2D eigenvalue weighted by molar-refractivity contribution is 0.0233. The van der Waals surface area contributed by atoms with Crippen LogP contribution in [-0.4, -0.2) is 30.6 Å². The number of likely N-dealkylation sites (N-methyl/N-ethyl adjacent to an activating group) is 1. The van der Waals surface area contributed by atoms with E-state index in [-0.39, 0.29) is 11.9 Å². The highest BCUT2D eigenvalue weighted by Gasteiger charge is 2.15. The minimum Gasteiger partial charge on any atom is -0.457 e. The number of carbonyl (C=O) groups excluding carboxylic acids is 1. The van der Waals surface area contributed by atoms with Gasteiger partial charge in [-0.1, -0.05) is 30.3 Å². The van der Waals surface area contributed by atoms with Gasteiger partial charge in [0, 0.05) is 13.1 Å².